The highest BCUT2D eigenvalue weighted by atomic mass is 35.5. The monoisotopic (exact) mass is 297 g/mol. The Bertz CT molecular complexity index is 420. The van der Waals surface area contributed by atoms with E-state index in [1.807, 2.05) is 12.1 Å². The van der Waals surface area contributed by atoms with Crippen molar-refractivity contribution in [3.05, 3.63) is 22.8 Å². The number of piperidine rings is 1. The fraction of sp³-hybridized carbons (Fsp3) is 0.667. The molecule has 2 heterocycles. The number of methoxy groups -OCH3 is 1. The molecule has 1 N–H and O–H groups in total. The van der Waals surface area contributed by atoms with Crippen LogP contribution in [0.4, 0.5) is 5.82 Å². The zero-order valence-corrected chi connectivity index (χ0v) is 13.1. The molecule has 1 aromatic heterocycles. The smallest absolute Gasteiger partial charge is 0.126 e. The van der Waals surface area contributed by atoms with Gasteiger partial charge in [0.2, 0.25) is 0 Å². The molecule has 0 unspecified atom stereocenters. The van der Waals surface area contributed by atoms with Crippen molar-refractivity contribution < 1.29 is 4.74 Å². The largest absolute Gasteiger partial charge is 0.381 e. The number of ether oxygens (including phenoxy) is 1. The second-order valence-corrected chi connectivity index (χ2v) is 5.67. The molecule has 1 aromatic rings. The van der Waals surface area contributed by atoms with Crippen molar-refractivity contribution in [1.82, 2.24) is 9.88 Å². The lowest BCUT2D eigenvalue weighted by molar-refractivity contribution is 0.0385. The fourth-order valence-electron chi connectivity index (χ4n) is 2.46. The number of aromatic nitrogens is 1. The van der Waals surface area contributed by atoms with E-state index in [2.05, 4.69) is 22.1 Å². The van der Waals surface area contributed by atoms with Crippen molar-refractivity contribution in [2.24, 2.45) is 0 Å². The molecule has 2 rings (SSSR count). The summed E-state index contributed by atoms with van der Waals surface area (Å²) in [6, 6.07) is 3.88. The van der Waals surface area contributed by atoms with E-state index in [1.165, 1.54) is 0 Å². The lowest BCUT2D eigenvalue weighted by atomic mass is 10.1. The quantitative estimate of drug-likeness (QED) is 0.875. The maximum Gasteiger partial charge on any atom is 0.126 e. The fourth-order valence-corrected chi connectivity index (χ4v) is 2.63. The normalized spacial score (nSPS) is 17.4. The molecule has 4 nitrogen and oxygen atoms in total. The van der Waals surface area contributed by atoms with E-state index in [0.29, 0.717) is 6.10 Å². The van der Waals surface area contributed by atoms with Crippen molar-refractivity contribution in [3.8, 4) is 0 Å². The number of anilines is 1. The number of hydrogen-bond acceptors (Lipinski definition) is 4. The number of likely N-dealkylation sites (tertiary alicyclic amines) is 1. The van der Waals surface area contributed by atoms with Crippen molar-refractivity contribution in [2.45, 2.75) is 38.8 Å². The number of nitrogens with one attached hydrogen (secondary N) is 1. The summed E-state index contributed by atoms with van der Waals surface area (Å²) in [5.74, 6) is 0.915. The van der Waals surface area contributed by atoms with Gasteiger partial charge in [0.05, 0.1) is 16.8 Å². The Morgan fingerprint density at radius 3 is 2.80 bits per heavy atom. The average Bonchev–Trinajstić information content (AvgIpc) is 2.49. The van der Waals surface area contributed by atoms with Crippen LogP contribution in [0.2, 0.25) is 5.02 Å². The Balaban J connectivity index is 1.94. The van der Waals surface area contributed by atoms with Crippen LogP contribution in [-0.2, 0) is 11.3 Å². The van der Waals surface area contributed by atoms with Crippen LogP contribution in [-0.4, -0.2) is 42.7 Å². The van der Waals surface area contributed by atoms with Crippen LogP contribution in [0.5, 0.6) is 0 Å². The molecule has 0 radical (unpaired) electrons. The molecule has 5 heteroatoms. The summed E-state index contributed by atoms with van der Waals surface area (Å²) < 4.78 is 5.40. The first-order valence-electron chi connectivity index (χ1n) is 7.37. The Labute approximate surface area is 126 Å². The highest BCUT2D eigenvalue weighted by Gasteiger charge is 2.19. The third-order valence-electron chi connectivity index (χ3n) is 3.72. The maximum atomic E-state index is 6.26. The second kappa shape index (κ2) is 7.81. The Kier molecular flexibility index (Phi) is 6.07. The molecule has 1 aliphatic heterocycles. The Morgan fingerprint density at radius 2 is 2.15 bits per heavy atom. The molecule has 1 fully saturated rings. The predicted molar refractivity (Wildman–Crippen MR) is 83.3 cm³/mol. The van der Waals surface area contributed by atoms with Crippen LogP contribution in [0.15, 0.2) is 12.1 Å². The summed E-state index contributed by atoms with van der Waals surface area (Å²) in [6.45, 7) is 5.99. The molecule has 1 saturated heterocycles. The summed E-state index contributed by atoms with van der Waals surface area (Å²) in [5.41, 5.74) is 0.962. The van der Waals surface area contributed by atoms with Crippen molar-refractivity contribution in [2.75, 3.05) is 32.1 Å². The van der Waals surface area contributed by atoms with E-state index < -0.39 is 0 Å². The SMILES string of the molecule is CCCNc1ccc(Cl)c(CN2CCC(OC)CC2)n1. The van der Waals surface area contributed by atoms with Crippen LogP contribution in [0.1, 0.15) is 31.9 Å². The summed E-state index contributed by atoms with van der Waals surface area (Å²) in [6.07, 6.45) is 3.67. The summed E-state index contributed by atoms with van der Waals surface area (Å²) >= 11 is 6.26. The highest BCUT2D eigenvalue weighted by Crippen LogP contribution is 2.21. The summed E-state index contributed by atoms with van der Waals surface area (Å²) in [7, 11) is 1.79. The van der Waals surface area contributed by atoms with Gasteiger partial charge in [-0.2, -0.15) is 0 Å². The summed E-state index contributed by atoms with van der Waals surface area (Å²) in [5, 5.41) is 4.06. The van der Waals surface area contributed by atoms with Crippen molar-refractivity contribution in [3.63, 3.8) is 0 Å². The van der Waals surface area contributed by atoms with Crippen LogP contribution >= 0.6 is 11.6 Å². The van der Waals surface area contributed by atoms with Crippen LogP contribution < -0.4 is 5.32 Å². The Morgan fingerprint density at radius 1 is 1.40 bits per heavy atom. The molecule has 0 bridgehead atoms. The molecule has 112 valence electrons. The first-order valence-corrected chi connectivity index (χ1v) is 7.75. The van der Waals surface area contributed by atoms with E-state index in [-0.39, 0.29) is 0 Å². The van der Waals surface area contributed by atoms with Gasteiger partial charge in [0.15, 0.2) is 0 Å². The highest BCUT2D eigenvalue weighted by molar-refractivity contribution is 6.31. The minimum absolute atomic E-state index is 0.409. The van der Waals surface area contributed by atoms with Gasteiger partial charge in [-0.1, -0.05) is 18.5 Å². The predicted octanol–water partition coefficient (Wildman–Crippen LogP) is 3.17. The number of nitrogens with zero attached hydrogens (tertiary/aromatic N) is 2. The molecule has 0 atom stereocenters. The van der Waals surface area contributed by atoms with Crippen LogP contribution in [0.3, 0.4) is 0 Å². The molecule has 0 spiro atoms. The standard InChI is InChI=1S/C15H24ClN3O/c1-3-8-17-15-5-4-13(16)14(18-15)11-19-9-6-12(20-2)7-10-19/h4-5,12H,3,6-11H2,1-2H3,(H,17,18). The van der Waals surface area contributed by atoms with Crippen molar-refractivity contribution >= 4 is 17.4 Å². The van der Waals surface area contributed by atoms with E-state index in [1.54, 1.807) is 7.11 Å². The lowest BCUT2D eigenvalue weighted by Gasteiger charge is -2.31. The van der Waals surface area contributed by atoms with Gasteiger partial charge in [0, 0.05) is 33.3 Å². The number of rotatable bonds is 6. The molecule has 0 amide bonds. The molecule has 0 saturated carbocycles. The second-order valence-electron chi connectivity index (χ2n) is 5.26. The zero-order valence-electron chi connectivity index (χ0n) is 12.4. The minimum atomic E-state index is 0.409. The summed E-state index contributed by atoms with van der Waals surface area (Å²) in [4.78, 5) is 7.02. The Hall–Kier alpha value is -0.840. The van der Waals surface area contributed by atoms with Crippen molar-refractivity contribution in [1.29, 1.82) is 0 Å². The number of halogens is 1. The third kappa shape index (κ3) is 4.33. The molecule has 0 aliphatic carbocycles. The van der Waals surface area contributed by atoms with Gasteiger partial charge in [-0.25, -0.2) is 4.98 Å². The maximum absolute atomic E-state index is 6.26. The first-order chi connectivity index (χ1) is 9.72. The molecule has 0 aromatic carbocycles. The third-order valence-corrected chi connectivity index (χ3v) is 4.06. The van der Waals surface area contributed by atoms with Gasteiger partial charge in [-0.05, 0) is 31.4 Å². The molecular weight excluding hydrogens is 274 g/mol. The average molecular weight is 298 g/mol. The van der Waals surface area contributed by atoms with Gasteiger partial charge in [-0.15, -0.1) is 0 Å². The molecular formula is C15H24ClN3O. The lowest BCUT2D eigenvalue weighted by Crippen LogP contribution is -2.36. The van der Waals surface area contributed by atoms with E-state index in [9.17, 15) is 0 Å². The van der Waals surface area contributed by atoms with Gasteiger partial charge < -0.3 is 10.1 Å². The first kappa shape index (κ1) is 15.5. The number of pyridine rings is 1. The zero-order chi connectivity index (χ0) is 14.4. The van der Waals surface area contributed by atoms with Gasteiger partial charge in [0.25, 0.3) is 0 Å². The minimum Gasteiger partial charge on any atom is -0.381 e. The molecule has 1 aliphatic rings. The van der Waals surface area contributed by atoms with Crippen LogP contribution in [0, 0.1) is 0 Å². The van der Waals surface area contributed by atoms with Gasteiger partial charge in [0.1, 0.15) is 5.82 Å². The van der Waals surface area contributed by atoms with E-state index in [4.69, 9.17) is 16.3 Å². The van der Waals surface area contributed by atoms with E-state index in [0.717, 1.165) is 62.0 Å². The van der Waals surface area contributed by atoms with Gasteiger partial charge in [-0.3, -0.25) is 4.90 Å². The van der Waals surface area contributed by atoms with Crippen LogP contribution in [0.25, 0.3) is 0 Å². The van der Waals surface area contributed by atoms with Gasteiger partial charge >= 0.3 is 0 Å². The van der Waals surface area contributed by atoms with E-state index >= 15 is 0 Å². The topological polar surface area (TPSA) is 37.4 Å². The number of hydrogen-bond donors (Lipinski definition) is 1. The molecule has 20 heavy (non-hydrogen) atoms.